The van der Waals surface area contributed by atoms with Gasteiger partial charge in [-0.1, -0.05) is 29.8 Å². The number of fused-ring (bicyclic) bond motifs is 1. The molecule has 0 saturated carbocycles. The number of nitrogens with zero attached hydrogens (tertiary/aromatic N) is 5. The number of anilines is 2. The van der Waals surface area contributed by atoms with Crippen molar-refractivity contribution in [2.45, 2.75) is 18.6 Å². The van der Waals surface area contributed by atoms with Crippen molar-refractivity contribution in [2.24, 2.45) is 4.99 Å². The van der Waals surface area contributed by atoms with E-state index in [1.165, 1.54) is 12.1 Å². The van der Waals surface area contributed by atoms with Crippen LogP contribution in [0.5, 0.6) is 0 Å². The molecule has 0 spiro atoms. The van der Waals surface area contributed by atoms with Gasteiger partial charge in [0.25, 0.3) is 0 Å². The van der Waals surface area contributed by atoms with Crippen LogP contribution in [0.2, 0.25) is 5.02 Å². The molecule has 0 amide bonds. The second-order valence-electron chi connectivity index (χ2n) is 9.25. The van der Waals surface area contributed by atoms with Crippen LogP contribution in [-0.4, -0.2) is 48.1 Å². The van der Waals surface area contributed by atoms with E-state index in [1.807, 2.05) is 23.1 Å². The van der Waals surface area contributed by atoms with Gasteiger partial charge < -0.3 is 19.8 Å². The fraction of sp³-hybridized carbons (Fsp3) is 0.250. The van der Waals surface area contributed by atoms with Gasteiger partial charge in [0, 0.05) is 42.6 Å². The zero-order valence-corrected chi connectivity index (χ0v) is 21.3. The molecule has 1 N–H and O–H groups in total. The number of piperazine rings is 1. The molecule has 7 nitrogen and oxygen atoms in total. The van der Waals surface area contributed by atoms with Gasteiger partial charge in [0.1, 0.15) is 0 Å². The van der Waals surface area contributed by atoms with Crippen LogP contribution in [0.15, 0.2) is 71.7 Å². The average molecular weight is 554 g/mol. The van der Waals surface area contributed by atoms with Gasteiger partial charge in [0.2, 0.25) is 5.96 Å². The van der Waals surface area contributed by atoms with Crippen molar-refractivity contribution < 1.29 is 23.1 Å². The number of carboxylic acid groups (broad SMARTS) is 1. The molecular weight excluding hydrogens is 531 g/mol. The fourth-order valence-electron chi connectivity index (χ4n) is 4.97. The Labute approximate surface area is 228 Å². The average Bonchev–Trinajstić information content (AvgIpc) is 2.92. The maximum absolute atomic E-state index is 13.7. The maximum Gasteiger partial charge on any atom is 0.416 e. The minimum Gasteiger partial charge on any atom is -0.481 e. The van der Waals surface area contributed by atoms with Crippen LogP contribution in [0.1, 0.15) is 23.6 Å². The molecule has 0 aliphatic carbocycles. The second-order valence-corrected chi connectivity index (χ2v) is 9.69. The number of aliphatic imine (C=N–C) groups is 1. The summed E-state index contributed by atoms with van der Waals surface area (Å²) >= 11 is 6.16. The Bertz CT molecular complexity index is 1480. The monoisotopic (exact) mass is 553 g/mol. The molecule has 1 atom stereocenters. The summed E-state index contributed by atoms with van der Waals surface area (Å²) in [6.07, 6.45) is -4.98. The lowest BCUT2D eigenvalue weighted by Crippen LogP contribution is -2.55. The van der Waals surface area contributed by atoms with Crippen LogP contribution >= 0.6 is 11.6 Å². The lowest BCUT2D eigenvalue weighted by atomic mass is 9.96. The third kappa shape index (κ3) is 5.49. The molecule has 1 saturated heterocycles. The van der Waals surface area contributed by atoms with Gasteiger partial charge in [-0.3, -0.25) is 4.79 Å². The van der Waals surface area contributed by atoms with E-state index < -0.39 is 30.2 Å². The minimum absolute atomic E-state index is 0.172. The van der Waals surface area contributed by atoms with E-state index in [2.05, 4.69) is 9.74 Å². The standard InChI is InChI=1S/C28H23ClF3N5O2/c1-33-20-8-9-24-23(16-20)25(17-26(38)39)37(22-7-2-4-18(14-22)28(30,31)32)27(34-24)36-12-10-35(11-13-36)21-6-3-5-19(29)15-21/h2-9,14-16,25H,10-13,17H2,(H,38,39). The summed E-state index contributed by atoms with van der Waals surface area (Å²) in [5.74, 6) is -0.752. The quantitative estimate of drug-likeness (QED) is 0.362. The van der Waals surface area contributed by atoms with E-state index in [0.29, 0.717) is 54.1 Å². The topological polar surface area (TPSA) is 63.7 Å². The highest BCUT2D eigenvalue weighted by Gasteiger charge is 2.38. The second kappa shape index (κ2) is 10.5. The predicted octanol–water partition coefficient (Wildman–Crippen LogP) is 6.76. The molecular formula is C28H23ClF3N5O2. The highest BCUT2D eigenvalue weighted by atomic mass is 35.5. The third-order valence-electron chi connectivity index (χ3n) is 6.80. The summed E-state index contributed by atoms with van der Waals surface area (Å²) in [6, 6.07) is 16.3. The Morgan fingerprint density at radius 1 is 1.00 bits per heavy atom. The van der Waals surface area contributed by atoms with Gasteiger partial charge in [-0.2, -0.15) is 13.2 Å². The van der Waals surface area contributed by atoms with Gasteiger partial charge in [-0.15, -0.1) is 0 Å². The van der Waals surface area contributed by atoms with Gasteiger partial charge in [0.05, 0.1) is 30.3 Å². The van der Waals surface area contributed by atoms with Crippen LogP contribution < -0.4 is 9.80 Å². The smallest absolute Gasteiger partial charge is 0.416 e. The molecule has 2 aliphatic rings. The van der Waals surface area contributed by atoms with Crippen molar-refractivity contribution in [3.63, 3.8) is 0 Å². The van der Waals surface area contributed by atoms with Crippen LogP contribution in [0, 0.1) is 6.57 Å². The molecule has 0 radical (unpaired) electrons. The molecule has 0 aromatic heterocycles. The lowest BCUT2D eigenvalue weighted by molar-refractivity contribution is -0.138. The van der Waals surface area contributed by atoms with E-state index in [4.69, 9.17) is 23.2 Å². The number of carbonyl (C=O) groups is 1. The summed E-state index contributed by atoms with van der Waals surface area (Å²) < 4.78 is 41.0. The summed E-state index contributed by atoms with van der Waals surface area (Å²) in [7, 11) is 0. The molecule has 2 aliphatic heterocycles. The molecule has 0 bridgehead atoms. The first-order valence-corrected chi connectivity index (χ1v) is 12.6. The van der Waals surface area contributed by atoms with Gasteiger partial charge in [-0.05, 0) is 54.1 Å². The summed E-state index contributed by atoms with van der Waals surface area (Å²) in [6.45, 7) is 9.59. The van der Waals surface area contributed by atoms with Crippen LogP contribution in [0.3, 0.4) is 0 Å². The Kier molecular flexibility index (Phi) is 7.10. The van der Waals surface area contributed by atoms with E-state index in [0.717, 1.165) is 17.8 Å². The van der Waals surface area contributed by atoms with E-state index >= 15 is 0 Å². The first kappa shape index (κ1) is 26.4. The van der Waals surface area contributed by atoms with E-state index in [9.17, 15) is 23.1 Å². The number of hydrogen-bond acceptors (Lipinski definition) is 5. The Morgan fingerprint density at radius 2 is 1.69 bits per heavy atom. The number of rotatable bonds is 4. The van der Waals surface area contributed by atoms with Crippen molar-refractivity contribution in [3.8, 4) is 0 Å². The first-order valence-electron chi connectivity index (χ1n) is 12.2. The Hall–Kier alpha value is -4.23. The van der Waals surface area contributed by atoms with Crippen LogP contribution in [0.4, 0.5) is 35.9 Å². The molecule has 5 rings (SSSR count). The first-order chi connectivity index (χ1) is 18.6. The van der Waals surface area contributed by atoms with Crippen molar-refractivity contribution >= 4 is 46.3 Å². The number of halogens is 4. The Morgan fingerprint density at radius 3 is 2.36 bits per heavy atom. The van der Waals surface area contributed by atoms with Gasteiger partial charge in [0.15, 0.2) is 5.69 Å². The van der Waals surface area contributed by atoms with Crippen molar-refractivity contribution in [3.05, 3.63) is 94.3 Å². The van der Waals surface area contributed by atoms with Crippen molar-refractivity contribution in [1.29, 1.82) is 0 Å². The van der Waals surface area contributed by atoms with Crippen molar-refractivity contribution in [1.82, 2.24) is 4.90 Å². The zero-order chi connectivity index (χ0) is 27.7. The van der Waals surface area contributed by atoms with E-state index in [-0.39, 0.29) is 5.69 Å². The summed E-state index contributed by atoms with van der Waals surface area (Å²) in [5.41, 5.74) is 1.55. The largest absolute Gasteiger partial charge is 0.481 e. The molecule has 1 fully saturated rings. The molecule has 3 aromatic carbocycles. The molecule has 11 heteroatoms. The van der Waals surface area contributed by atoms with Gasteiger partial charge in [-0.25, -0.2) is 9.84 Å². The van der Waals surface area contributed by atoms with Crippen molar-refractivity contribution in [2.75, 3.05) is 36.0 Å². The molecule has 2 heterocycles. The number of guanidine groups is 1. The highest BCUT2D eigenvalue weighted by Crippen LogP contribution is 2.43. The highest BCUT2D eigenvalue weighted by molar-refractivity contribution is 6.30. The summed E-state index contributed by atoms with van der Waals surface area (Å²) in [5, 5.41) is 10.4. The summed E-state index contributed by atoms with van der Waals surface area (Å²) in [4.78, 5) is 26.0. The van der Waals surface area contributed by atoms with Crippen LogP contribution in [0.25, 0.3) is 4.85 Å². The minimum atomic E-state index is -4.58. The SMILES string of the molecule is [C-]#[N+]c1ccc2c(c1)C(CC(=O)O)N(c1cccc(C(F)(F)F)c1)C(N1CCN(c3cccc(Cl)c3)CC1)=N2. The number of hydrogen-bond donors (Lipinski definition) is 1. The number of benzene rings is 3. The zero-order valence-electron chi connectivity index (χ0n) is 20.6. The van der Waals surface area contributed by atoms with Gasteiger partial charge >= 0.3 is 12.1 Å². The van der Waals surface area contributed by atoms with E-state index in [1.54, 1.807) is 29.2 Å². The lowest BCUT2D eigenvalue weighted by Gasteiger charge is -2.45. The Balaban J connectivity index is 1.58. The molecule has 3 aromatic rings. The third-order valence-corrected chi connectivity index (χ3v) is 7.04. The molecule has 1 unspecified atom stereocenters. The molecule has 200 valence electrons. The fourth-order valence-corrected chi connectivity index (χ4v) is 5.16. The number of carboxylic acids is 1. The predicted molar refractivity (Wildman–Crippen MR) is 144 cm³/mol. The number of alkyl halides is 3. The number of aliphatic carboxylic acids is 1. The van der Waals surface area contributed by atoms with Crippen LogP contribution in [-0.2, 0) is 11.0 Å². The maximum atomic E-state index is 13.7. The molecule has 39 heavy (non-hydrogen) atoms. The normalized spacial score (nSPS) is 17.4.